The molecule has 626 valence electrons. The number of hydrogen-bond acceptors (Lipinski definition) is 27. The molecule has 2 saturated heterocycles. The highest BCUT2D eigenvalue weighted by atomic mass is 35.5. The van der Waals surface area contributed by atoms with Crippen molar-refractivity contribution >= 4 is 93.4 Å². The minimum Gasteiger partial charge on any atom is -0.508 e. The van der Waals surface area contributed by atoms with Crippen molar-refractivity contribution in [2.24, 2.45) is 17.4 Å². The number of ether oxygens (including phenoxy) is 6. The maximum atomic E-state index is 16.3. The van der Waals surface area contributed by atoms with Crippen LogP contribution in [0.3, 0.4) is 0 Å². The standard InChI is InChI=1S/C80H88Cl2N12O24/c1-33(2)21-47(85-5)72(106)93-63-65(101)36-12-19-51(45(81)23-36)114-53-25-38-26-54(69(53)118-79-70(68(104)67(103)55(32-95)116-79)117-58-30-80(4,84)71(105)34(3)113-58)115-52-20-13-37(24-46(52)82)66(102)64-78(112)92-62(74(108)86-31-57(100)88-41-16-14-40(15-17-41)87-39-9-7-6-8-10-39)44-27-42(96)28-50(98)59(44)43-22-35(11-18-49(43)97)60(75(109)94-64)91-76(110)61(38)90-73(107)48(29-56(83)99)89-77(63)111/h6-20,22-28,33-34,47-48,55,58,60-68,70-71,79,85,87,95-98,101-105H,21,29-32,84H2,1-5H3,(H2,83,99)(H,86,108)(H,88,100)(H,89,111)(H,90,107)(H,91,110)(H,92,112)(H,93,106)(H,94,109)/t34-,47+,48-,55+,58?,60+,61?,62?,63+,64-,65+,66+,67+,68-,70+,71+,79-,80-/m0/s1. The summed E-state index contributed by atoms with van der Waals surface area (Å²) in [4.78, 5) is 134. The number of phenols is 3. The number of likely N-dealkylation sites (N-methyl/N-ethyl adjacent to an activating group) is 1. The first kappa shape index (κ1) is 85.9. The fourth-order valence-corrected chi connectivity index (χ4v) is 14.8. The Kier molecular flexibility index (Phi) is 26.3. The van der Waals surface area contributed by atoms with E-state index >= 15 is 19.2 Å². The largest absolute Gasteiger partial charge is 0.508 e. The number of carbonyl (C=O) groups is 9. The van der Waals surface area contributed by atoms with Gasteiger partial charge in [-0.25, -0.2) is 0 Å². The van der Waals surface area contributed by atoms with E-state index in [9.17, 15) is 69.9 Å². The van der Waals surface area contributed by atoms with Gasteiger partial charge in [-0.15, -0.1) is 0 Å². The van der Waals surface area contributed by atoms with E-state index in [-0.39, 0.29) is 51.9 Å². The Labute approximate surface area is 683 Å². The lowest BCUT2D eigenvalue weighted by molar-refractivity contribution is -0.333. The molecule has 23 N–H and O–H groups in total. The molecule has 118 heavy (non-hydrogen) atoms. The third-order valence-electron chi connectivity index (χ3n) is 20.4. The molecule has 7 aromatic rings. The van der Waals surface area contributed by atoms with Gasteiger partial charge in [0.1, 0.15) is 95.5 Å². The van der Waals surface area contributed by atoms with Crippen LogP contribution in [0, 0.1) is 5.92 Å². The highest BCUT2D eigenvalue weighted by molar-refractivity contribution is 6.32. The normalized spacial score (nSPS) is 26.7. The topological polar surface area (TPSA) is 563 Å². The number of nitrogens with one attached hydrogen (secondary N) is 10. The third-order valence-corrected chi connectivity index (χ3v) is 21.0. The Morgan fingerprint density at radius 2 is 1.27 bits per heavy atom. The van der Waals surface area contributed by atoms with Gasteiger partial charge in [0.15, 0.2) is 23.9 Å². The number of primary amides is 1. The molecule has 0 radical (unpaired) electrons. The molecule has 0 saturated carbocycles. The third kappa shape index (κ3) is 19.2. The first-order valence-electron chi connectivity index (χ1n) is 37.3. The van der Waals surface area contributed by atoms with E-state index < -0.39 is 250 Å². The van der Waals surface area contributed by atoms with Crippen LogP contribution >= 0.6 is 23.2 Å². The van der Waals surface area contributed by atoms with Crippen LogP contribution in [-0.2, 0) is 57.4 Å². The van der Waals surface area contributed by atoms with Crippen molar-refractivity contribution in [3.05, 3.63) is 171 Å². The number of aliphatic hydroxyl groups is 6. The zero-order valence-corrected chi connectivity index (χ0v) is 65.2. The number of para-hydroxylation sites is 1. The molecule has 0 aliphatic carbocycles. The number of carbonyl (C=O) groups excluding carboxylic acids is 9. The quantitative estimate of drug-likeness (QED) is 0.0587. The first-order valence-corrected chi connectivity index (χ1v) is 38.0. The number of fused-ring (bicyclic) bond motifs is 15. The van der Waals surface area contributed by atoms with Gasteiger partial charge in [-0.3, -0.25) is 43.2 Å². The van der Waals surface area contributed by atoms with Crippen molar-refractivity contribution in [2.75, 3.05) is 30.8 Å². The van der Waals surface area contributed by atoms with E-state index in [1.54, 1.807) is 24.3 Å². The minimum absolute atomic E-state index is 0.110. The van der Waals surface area contributed by atoms with Gasteiger partial charge in [0, 0.05) is 46.2 Å². The average Bonchev–Trinajstić information content (AvgIpc) is 0.764. The second-order valence-corrected chi connectivity index (χ2v) is 30.5. The first-order chi connectivity index (χ1) is 56.1. The van der Waals surface area contributed by atoms with Crippen molar-refractivity contribution in [3.63, 3.8) is 0 Å². The number of aromatic hydroxyl groups is 3. The molecule has 18 atom stereocenters. The fourth-order valence-electron chi connectivity index (χ4n) is 14.3. The van der Waals surface area contributed by atoms with E-state index in [4.69, 9.17) is 63.1 Å². The molecule has 14 rings (SSSR count). The second-order valence-electron chi connectivity index (χ2n) is 29.7. The molecule has 11 bridgehead atoms. The predicted molar refractivity (Wildman–Crippen MR) is 419 cm³/mol. The molecule has 2 fully saturated rings. The maximum absolute atomic E-state index is 16.3. The summed E-state index contributed by atoms with van der Waals surface area (Å²) in [6, 6.07) is 15.2. The van der Waals surface area contributed by atoms with Crippen molar-refractivity contribution in [3.8, 4) is 57.1 Å². The van der Waals surface area contributed by atoms with Gasteiger partial charge < -0.3 is 139 Å². The number of phenolic OH excluding ortho intramolecular Hbond substituents is 3. The lowest BCUT2D eigenvalue weighted by Crippen LogP contribution is -2.64. The molecule has 7 aliphatic heterocycles. The van der Waals surface area contributed by atoms with E-state index in [1.807, 2.05) is 44.2 Å². The number of hydrogen-bond donors (Lipinski definition) is 21. The average molecular weight is 1670 g/mol. The molecular formula is C80H88Cl2N12O24. The second kappa shape index (κ2) is 36.2. The Morgan fingerprint density at radius 3 is 1.89 bits per heavy atom. The number of aliphatic hydroxyl groups excluding tert-OH is 6. The zero-order chi connectivity index (χ0) is 85.0. The molecular weight excluding hydrogens is 1580 g/mol. The van der Waals surface area contributed by atoms with Crippen LogP contribution in [0.1, 0.15) is 105 Å². The van der Waals surface area contributed by atoms with Gasteiger partial charge in [-0.05, 0) is 152 Å². The summed E-state index contributed by atoms with van der Waals surface area (Å²) < 4.78 is 38.6. The molecule has 38 heteroatoms. The van der Waals surface area contributed by atoms with Crippen LogP contribution in [0.2, 0.25) is 10.0 Å². The Morgan fingerprint density at radius 1 is 0.661 bits per heavy atom. The van der Waals surface area contributed by atoms with Gasteiger partial charge in [0.25, 0.3) is 0 Å². The maximum Gasteiger partial charge on any atom is 0.248 e. The number of anilines is 3. The SMILES string of the molecule is CN[C@H](CC(C)C)C(=O)N[C@H]1C(=O)N[C@@H](CC(N)=O)C(=O)NC2C(=O)N[C@H]3C(=O)N[C@H](C(=O)NC(C(=O)NCC(=O)Nc4ccc(Nc5ccccc5)cc4)c4cc(O)cc(O)c4-c4cc3ccc4O)[C@H](O)c3ccc(c(Cl)c3)Oc3cc2cc(c3O[C@@H]2O[C@H](CO)[C@@H](O)[C@H](O)[C@H]2OC2C[C@](C)(N)[C@H](O)[C@H](C)O2)Oc2ccc(cc2Cl)[C@H]1O. The van der Waals surface area contributed by atoms with E-state index in [0.29, 0.717) is 5.69 Å². The number of halogens is 2. The van der Waals surface area contributed by atoms with Crippen molar-refractivity contribution in [1.29, 1.82) is 0 Å². The predicted octanol–water partition coefficient (Wildman–Crippen LogP) is 2.52. The van der Waals surface area contributed by atoms with Crippen LogP contribution in [0.4, 0.5) is 17.1 Å². The number of rotatable bonds is 18. The monoisotopic (exact) mass is 1670 g/mol. The fraction of sp³-hybridized carbons (Fsp3) is 0.362. The van der Waals surface area contributed by atoms with Crippen LogP contribution in [0.15, 0.2) is 133 Å². The summed E-state index contributed by atoms with van der Waals surface area (Å²) in [5.41, 5.74) is 9.89. The molecule has 7 aliphatic rings. The Bertz CT molecular complexity index is 4990. The van der Waals surface area contributed by atoms with Crippen LogP contribution in [-0.4, -0.2) is 198 Å². The summed E-state index contributed by atoms with van der Waals surface area (Å²) in [7, 11) is 1.47. The van der Waals surface area contributed by atoms with E-state index in [2.05, 4.69) is 53.2 Å². The van der Waals surface area contributed by atoms with Gasteiger partial charge in [0.2, 0.25) is 65.2 Å². The van der Waals surface area contributed by atoms with Crippen molar-refractivity contribution < 1.29 is 118 Å². The smallest absolute Gasteiger partial charge is 0.248 e. The lowest BCUT2D eigenvalue weighted by atomic mass is 9.86. The van der Waals surface area contributed by atoms with E-state index in [1.165, 1.54) is 33.0 Å². The summed E-state index contributed by atoms with van der Waals surface area (Å²) in [5.74, 6) is -16.3. The number of amides is 9. The molecule has 9 amide bonds. The molecule has 36 nitrogen and oxygen atoms in total. The lowest BCUT2D eigenvalue weighted by Gasteiger charge is -2.47. The van der Waals surface area contributed by atoms with Crippen LogP contribution < -0.4 is 78.8 Å². The summed E-state index contributed by atoms with van der Waals surface area (Å²) in [6.45, 7) is 4.84. The molecule has 0 spiro atoms. The molecule has 0 aromatic heterocycles. The summed E-state index contributed by atoms with van der Waals surface area (Å²) >= 11 is 14.3. The van der Waals surface area contributed by atoms with Gasteiger partial charge in [-0.2, -0.15) is 0 Å². The molecule has 3 unspecified atom stereocenters. The van der Waals surface area contributed by atoms with Crippen LogP contribution in [0.25, 0.3) is 11.1 Å². The molecule has 7 aromatic carbocycles. The van der Waals surface area contributed by atoms with Gasteiger partial charge in [0.05, 0.1) is 47.9 Å². The summed E-state index contributed by atoms with van der Waals surface area (Å²) in [6.07, 6.45) is -18.8. The van der Waals surface area contributed by atoms with Gasteiger partial charge in [-0.1, -0.05) is 73.4 Å². The Hall–Kier alpha value is -11.5. The molecule has 7 heterocycles. The number of benzene rings is 7. The highest BCUT2D eigenvalue weighted by Gasteiger charge is 2.52. The Balaban J connectivity index is 1.03. The minimum atomic E-state index is -2.38. The number of nitrogens with two attached hydrogens (primary N) is 2. The van der Waals surface area contributed by atoms with Crippen molar-refractivity contribution in [1.82, 2.24) is 42.5 Å². The van der Waals surface area contributed by atoms with E-state index in [0.717, 1.165) is 72.4 Å². The summed E-state index contributed by atoms with van der Waals surface area (Å²) in [5, 5.41) is 131. The zero-order valence-electron chi connectivity index (χ0n) is 63.7. The van der Waals surface area contributed by atoms with Crippen LogP contribution in [0.5, 0.6) is 46.0 Å². The highest BCUT2D eigenvalue weighted by Crippen LogP contribution is 2.50. The van der Waals surface area contributed by atoms with Gasteiger partial charge >= 0.3 is 0 Å². The van der Waals surface area contributed by atoms with Crippen molar-refractivity contribution in [2.45, 2.75) is 156 Å².